The monoisotopic (exact) mass is 153 g/mol. The number of hydrogen-bond acceptors (Lipinski definition) is 1. The summed E-state index contributed by atoms with van der Waals surface area (Å²) in [5.74, 6) is 0. The first-order valence-corrected chi connectivity index (χ1v) is 4.77. The molecule has 0 aromatic rings. The predicted molar refractivity (Wildman–Crippen MR) is 47.5 cm³/mol. The molecule has 1 heterocycles. The summed E-state index contributed by atoms with van der Waals surface area (Å²) < 4.78 is 0. The zero-order valence-electron chi connectivity index (χ0n) is 7.91. The van der Waals surface area contributed by atoms with Gasteiger partial charge in [0.15, 0.2) is 0 Å². The summed E-state index contributed by atoms with van der Waals surface area (Å²) in [6, 6.07) is 0.856. The summed E-state index contributed by atoms with van der Waals surface area (Å²) in [7, 11) is 0. The maximum atomic E-state index is 3.60. The molecule has 2 rings (SSSR count). The molecule has 64 valence electrons. The second-order valence-corrected chi connectivity index (χ2v) is 5.35. The van der Waals surface area contributed by atoms with E-state index in [1.165, 1.54) is 25.8 Å². The molecule has 1 aliphatic carbocycles. The lowest BCUT2D eigenvalue weighted by molar-refractivity contribution is 0.111. The van der Waals surface area contributed by atoms with Crippen LogP contribution in [0.5, 0.6) is 0 Å². The summed E-state index contributed by atoms with van der Waals surface area (Å²) >= 11 is 0. The van der Waals surface area contributed by atoms with E-state index in [0.717, 1.165) is 6.04 Å². The third kappa shape index (κ3) is 0.936. The fourth-order valence-corrected chi connectivity index (χ4v) is 2.75. The highest BCUT2D eigenvalue weighted by molar-refractivity contribution is 5.05. The highest BCUT2D eigenvalue weighted by Gasteiger charge is 2.51. The summed E-state index contributed by atoms with van der Waals surface area (Å²) in [6.45, 7) is 8.44. The van der Waals surface area contributed by atoms with Crippen LogP contribution in [-0.4, -0.2) is 12.6 Å². The average molecular weight is 153 g/mol. The predicted octanol–water partition coefficient (Wildman–Crippen LogP) is 2.17. The Labute approximate surface area is 69.6 Å². The van der Waals surface area contributed by atoms with Crippen molar-refractivity contribution in [2.45, 2.75) is 46.1 Å². The van der Waals surface area contributed by atoms with Gasteiger partial charge in [-0.2, -0.15) is 0 Å². The first kappa shape index (κ1) is 7.60. The normalized spacial score (nSPS) is 43.4. The number of rotatable bonds is 0. The van der Waals surface area contributed by atoms with E-state index >= 15 is 0 Å². The molecule has 1 aliphatic heterocycles. The van der Waals surface area contributed by atoms with Gasteiger partial charge in [0.2, 0.25) is 0 Å². The first-order chi connectivity index (χ1) is 5.04. The molecule has 0 aromatic heterocycles. The highest BCUT2D eigenvalue weighted by atomic mass is 15.0. The molecule has 11 heavy (non-hydrogen) atoms. The van der Waals surface area contributed by atoms with Crippen molar-refractivity contribution in [1.82, 2.24) is 5.32 Å². The van der Waals surface area contributed by atoms with Gasteiger partial charge in [0, 0.05) is 12.6 Å². The lowest BCUT2D eigenvalue weighted by Gasteiger charge is -2.40. The lowest BCUT2D eigenvalue weighted by atomic mass is 9.66. The molecule has 2 bridgehead atoms. The van der Waals surface area contributed by atoms with Gasteiger partial charge in [-0.1, -0.05) is 20.8 Å². The molecular formula is C10H19N. The van der Waals surface area contributed by atoms with E-state index in [1.54, 1.807) is 0 Å². The number of fused-ring (bicyclic) bond motifs is 2. The van der Waals surface area contributed by atoms with Crippen LogP contribution in [0.1, 0.15) is 40.0 Å². The molecule has 0 aromatic carbocycles. The molecule has 1 saturated carbocycles. The van der Waals surface area contributed by atoms with Gasteiger partial charge in [-0.15, -0.1) is 0 Å². The van der Waals surface area contributed by atoms with Gasteiger partial charge in [-0.3, -0.25) is 0 Å². The van der Waals surface area contributed by atoms with Crippen molar-refractivity contribution in [3.05, 3.63) is 0 Å². The smallest absolute Gasteiger partial charge is 0.00734 e. The Morgan fingerprint density at radius 2 is 2.09 bits per heavy atom. The van der Waals surface area contributed by atoms with Gasteiger partial charge >= 0.3 is 0 Å². The van der Waals surface area contributed by atoms with E-state index in [4.69, 9.17) is 0 Å². The first-order valence-electron chi connectivity index (χ1n) is 4.77. The Hall–Kier alpha value is -0.0400. The topological polar surface area (TPSA) is 12.0 Å². The Balaban J connectivity index is 2.23. The van der Waals surface area contributed by atoms with Gasteiger partial charge in [-0.05, 0) is 30.1 Å². The van der Waals surface area contributed by atoms with Crippen molar-refractivity contribution >= 4 is 0 Å². The van der Waals surface area contributed by atoms with E-state index in [9.17, 15) is 0 Å². The van der Waals surface area contributed by atoms with Gasteiger partial charge in [0.25, 0.3) is 0 Å². The molecule has 2 fully saturated rings. The summed E-state index contributed by atoms with van der Waals surface area (Å²) in [5, 5.41) is 3.60. The molecular weight excluding hydrogens is 134 g/mol. The summed E-state index contributed by atoms with van der Waals surface area (Å²) in [5.41, 5.74) is 1.14. The van der Waals surface area contributed by atoms with Crippen LogP contribution in [-0.2, 0) is 0 Å². The fourth-order valence-electron chi connectivity index (χ4n) is 2.75. The van der Waals surface area contributed by atoms with Gasteiger partial charge in [0.1, 0.15) is 0 Å². The maximum absolute atomic E-state index is 3.60. The van der Waals surface area contributed by atoms with Crippen LogP contribution in [0.3, 0.4) is 0 Å². The van der Waals surface area contributed by atoms with Gasteiger partial charge in [-0.25, -0.2) is 0 Å². The molecule has 1 saturated heterocycles. The Morgan fingerprint density at radius 1 is 1.36 bits per heavy atom. The third-order valence-electron chi connectivity index (χ3n) is 3.93. The minimum atomic E-state index is 0.505. The van der Waals surface area contributed by atoms with Crippen LogP contribution in [0.4, 0.5) is 0 Å². The molecule has 2 aliphatic rings. The van der Waals surface area contributed by atoms with Gasteiger partial charge < -0.3 is 5.32 Å². The van der Waals surface area contributed by atoms with Crippen LogP contribution in [0, 0.1) is 10.8 Å². The second-order valence-electron chi connectivity index (χ2n) is 5.35. The molecule has 1 nitrogen and oxygen atoms in total. The van der Waals surface area contributed by atoms with Crippen LogP contribution >= 0.6 is 0 Å². The second kappa shape index (κ2) is 2.01. The highest BCUT2D eigenvalue weighted by Crippen LogP contribution is 2.53. The van der Waals surface area contributed by atoms with Crippen LogP contribution in [0.25, 0.3) is 0 Å². The van der Waals surface area contributed by atoms with Crippen molar-refractivity contribution in [1.29, 1.82) is 0 Å². The Kier molecular flexibility index (Phi) is 1.39. The van der Waals surface area contributed by atoms with Crippen molar-refractivity contribution in [2.24, 2.45) is 10.8 Å². The zero-order valence-corrected chi connectivity index (χ0v) is 7.91. The molecule has 0 amide bonds. The zero-order chi connectivity index (χ0) is 8.11. The molecule has 1 N–H and O–H groups in total. The van der Waals surface area contributed by atoms with Gasteiger partial charge in [0.05, 0.1) is 0 Å². The SMILES string of the molecule is CC(C)(C)C12CCC(C1)NC2. The van der Waals surface area contributed by atoms with E-state index in [2.05, 4.69) is 26.1 Å². The summed E-state index contributed by atoms with van der Waals surface area (Å²) in [4.78, 5) is 0. The van der Waals surface area contributed by atoms with E-state index in [0.29, 0.717) is 10.8 Å². The van der Waals surface area contributed by atoms with Crippen LogP contribution in [0.15, 0.2) is 0 Å². The molecule has 0 radical (unpaired) electrons. The molecule has 0 spiro atoms. The van der Waals surface area contributed by atoms with Crippen molar-refractivity contribution in [3.63, 3.8) is 0 Å². The minimum absolute atomic E-state index is 0.505. The molecule has 2 unspecified atom stereocenters. The number of hydrogen-bond donors (Lipinski definition) is 1. The minimum Gasteiger partial charge on any atom is -0.313 e. The Morgan fingerprint density at radius 3 is 2.27 bits per heavy atom. The van der Waals surface area contributed by atoms with Crippen molar-refractivity contribution < 1.29 is 0 Å². The standard InChI is InChI=1S/C10H19N/c1-9(2,3)10-5-4-8(6-10)11-7-10/h8,11H,4-7H2,1-3H3. The van der Waals surface area contributed by atoms with Crippen LogP contribution < -0.4 is 5.32 Å². The lowest BCUT2D eigenvalue weighted by Crippen LogP contribution is -2.38. The molecule has 2 atom stereocenters. The quantitative estimate of drug-likeness (QED) is 0.562. The van der Waals surface area contributed by atoms with Crippen molar-refractivity contribution in [2.75, 3.05) is 6.54 Å². The number of piperidine rings is 1. The van der Waals surface area contributed by atoms with E-state index in [1.807, 2.05) is 0 Å². The fraction of sp³-hybridized carbons (Fsp3) is 1.00. The van der Waals surface area contributed by atoms with E-state index in [-0.39, 0.29) is 0 Å². The number of nitrogens with one attached hydrogen (secondary N) is 1. The summed E-state index contributed by atoms with van der Waals surface area (Å²) in [6.07, 6.45) is 4.29. The Bertz CT molecular complexity index is 158. The largest absolute Gasteiger partial charge is 0.313 e. The molecule has 1 heteroatoms. The van der Waals surface area contributed by atoms with E-state index < -0.39 is 0 Å². The average Bonchev–Trinajstić information content (AvgIpc) is 2.42. The third-order valence-corrected chi connectivity index (χ3v) is 3.93. The van der Waals surface area contributed by atoms with Crippen LogP contribution in [0.2, 0.25) is 0 Å². The maximum Gasteiger partial charge on any atom is 0.00734 e. The van der Waals surface area contributed by atoms with Crippen molar-refractivity contribution in [3.8, 4) is 0 Å².